The summed E-state index contributed by atoms with van der Waals surface area (Å²) in [5.41, 5.74) is 1.01. The number of piperidine rings is 1. The minimum absolute atomic E-state index is 0.124. The molecule has 2 aliphatic heterocycles. The Labute approximate surface area is 178 Å². The van der Waals surface area contributed by atoms with Crippen molar-refractivity contribution in [3.8, 4) is 0 Å². The average Bonchev–Trinajstić information content (AvgIpc) is 3.09. The van der Waals surface area contributed by atoms with Gasteiger partial charge in [0.2, 0.25) is 5.95 Å². The van der Waals surface area contributed by atoms with Gasteiger partial charge in [0.05, 0.1) is 0 Å². The van der Waals surface area contributed by atoms with E-state index in [0.29, 0.717) is 6.54 Å². The summed E-state index contributed by atoms with van der Waals surface area (Å²) in [6.45, 7) is 4.34. The zero-order valence-corrected chi connectivity index (χ0v) is 17.5. The number of hydrogen-bond acceptors (Lipinski definition) is 6. The first-order valence-corrected chi connectivity index (χ1v) is 11.0. The molecule has 2 fully saturated rings. The van der Waals surface area contributed by atoms with Gasteiger partial charge in [-0.2, -0.15) is 0 Å². The lowest BCUT2D eigenvalue weighted by atomic mass is 10.1. The van der Waals surface area contributed by atoms with Crippen molar-refractivity contribution in [2.45, 2.75) is 51.1 Å². The Balaban J connectivity index is 1.19. The summed E-state index contributed by atoms with van der Waals surface area (Å²) in [5.74, 6) is 1.80. The Morgan fingerprint density at radius 2 is 1.67 bits per heavy atom. The lowest BCUT2D eigenvalue weighted by Gasteiger charge is -2.32. The van der Waals surface area contributed by atoms with Crippen molar-refractivity contribution >= 4 is 17.8 Å². The van der Waals surface area contributed by atoms with Crippen LogP contribution in [-0.2, 0) is 6.54 Å². The second kappa shape index (κ2) is 10.2. The fraction of sp³-hybridized carbons (Fsp3) is 0.545. The number of carbonyl (C=O) groups excluding carboxylic acids is 1. The molecule has 0 atom stereocenters. The van der Waals surface area contributed by atoms with Crippen molar-refractivity contribution in [2.24, 2.45) is 0 Å². The van der Waals surface area contributed by atoms with Crippen LogP contribution in [0.1, 0.15) is 44.1 Å². The van der Waals surface area contributed by atoms with Gasteiger partial charge in [0.25, 0.3) is 0 Å². The van der Waals surface area contributed by atoms with Crippen LogP contribution in [0.15, 0.2) is 36.8 Å². The summed E-state index contributed by atoms with van der Waals surface area (Å²) in [7, 11) is 0. The molecular weight excluding hydrogens is 378 g/mol. The topological polar surface area (TPSA) is 86.3 Å². The van der Waals surface area contributed by atoms with E-state index in [1.807, 2.05) is 12.3 Å². The fourth-order valence-corrected chi connectivity index (χ4v) is 4.11. The van der Waals surface area contributed by atoms with Gasteiger partial charge >= 0.3 is 6.03 Å². The zero-order valence-electron chi connectivity index (χ0n) is 17.5. The first-order chi connectivity index (χ1) is 14.8. The van der Waals surface area contributed by atoms with Gasteiger partial charge in [-0.15, -0.1) is 0 Å². The first kappa shape index (κ1) is 20.4. The van der Waals surface area contributed by atoms with Crippen LogP contribution in [-0.4, -0.2) is 53.2 Å². The van der Waals surface area contributed by atoms with Crippen LogP contribution in [0.25, 0.3) is 0 Å². The van der Waals surface area contributed by atoms with E-state index in [9.17, 15) is 4.79 Å². The molecule has 8 heteroatoms. The highest BCUT2D eigenvalue weighted by Gasteiger charge is 2.22. The molecule has 8 nitrogen and oxygen atoms in total. The number of amides is 2. The normalized spacial score (nSPS) is 18.0. The van der Waals surface area contributed by atoms with E-state index >= 15 is 0 Å². The number of anilines is 2. The predicted molar refractivity (Wildman–Crippen MR) is 118 cm³/mol. The van der Waals surface area contributed by atoms with Gasteiger partial charge < -0.3 is 20.4 Å². The number of nitrogens with zero attached hydrogens (tertiary/aromatic N) is 5. The summed E-state index contributed by atoms with van der Waals surface area (Å²) in [5, 5.41) is 6.04. The maximum Gasteiger partial charge on any atom is 0.315 e. The van der Waals surface area contributed by atoms with Crippen LogP contribution >= 0.6 is 0 Å². The molecule has 4 rings (SSSR count). The molecule has 0 aromatic carbocycles. The minimum Gasteiger partial charge on any atom is -0.357 e. The van der Waals surface area contributed by atoms with Gasteiger partial charge in [0.15, 0.2) is 0 Å². The molecule has 0 saturated carbocycles. The van der Waals surface area contributed by atoms with Gasteiger partial charge in [-0.25, -0.2) is 19.7 Å². The molecule has 2 aromatic rings. The number of nitrogens with one attached hydrogen (secondary N) is 2. The Morgan fingerprint density at radius 3 is 2.33 bits per heavy atom. The summed E-state index contributed by atoms with van der Waals surface area (Å²) in [6, 6.07) is 6.00. The monoisotopic (exact) mass is 409 g/mol. The molecule has 2 saturated heterocycles. The highest BCUT2D eigenvalue weighted by atomic mass is 16.2. The third kappa shape index (κ3) is 5.58. The Hall–Kier alpha value is -2.90. The molecular formula is C22H31N7O. The van der Waals surface area contributed by atoms with Crippen LogP contribution in [0.2, 0.25) is 0 Å². The maximum absolute atomic E-state index is 12.3. The van der Waals surface area contributed by atoms with Crippen molar-refractivity contribution in [1.29, 1.82) is 0 Å². The average molecular weight is 410 g/mol. The van der Waals surface area contributed by atoms with E-state index in [1.54, 1.807) is 12.4 Å². The lowest BCUT2D eigenvalue weighted by Crippen LogP contribution is -2.48. The Kier molecular flexibility index (Phi) is 6.95. The number of hydrogen-bond donors (Lipinski definition) is 2. The molecule has 0 unspecified atom stereocenters. The van der Waals surface area contributed by atoms with Crippen molar-refractivity contribution in [2.75, 3.05) is 36.0 Å². The largest absolute Gasteiger partial charge is 0.357 e. The fourth-order valence-electron chi connectivity index (χ4n) is 4.11. The summed E-state index contributed by atoms with van der Waals surface area (Å²) >= 11 is 0. The van der Waals surface area contributed by atoms with E-state index in [2.05, 4.69) is 47.5 Å². The molecule has 2 aliphatic rings. The van der Waals surface area contributed by atoms with E-state index in [4.69, 9.17) is 0 Å². The van der Waals surface area contributed by atoms with E-state index in [1.165, 1.54) is 25.7 Å². The first-order valence-electron chi connectivity index (χ1n) is 11.0. The third-order valence-corrected chi connectivity index (χ3v) is 5.86. The Morgan fingerprint density at radius 1 is 0.933 bits per heavy atom. The van der Waals surface area contributed by atoms with Gasteiger partial charge in [0.1, 0.15) is 5.82 Å². The Bertz CT molecular complexity index is 783. The number of pyridine rings is 1. The van der Waals surface area contributed by atoms with Crippen molar-refractivity contribution in [3.05, 3.63) is 42.4 Å². The zero-order chi connectivity index (χ0) is 20.6. The van der Waals surface area contributed by atoms with Gasteiger partial charge in [-0.1, -0.05) is 18.9 Å². The van der Waals surface area contributed by atoms with E-state index in [-0.39, 0.29) is 12.1 Å². The highest BCUT2D eigenvalue weighted by Crippen LogP contribution is 2.18. The van der Waals surface area contributed by atoms with E-state index < -0.39 is 0 Å². The van der Waals surface area contributed by atoms with Crippen molar-refractivity contribution in [1.82, 2.24) is 25.6 Å². The van der Waals surface area contributed by atoms with Crippen LogP contribution in [0.4, 0.5) is 16.6 Å². The maximum atomic E-state index is 12.3. The van der Waals surface area contributed by atoms with Crippen LogP contribution in [0.5, 0.6) is 0 Å². The number of aromatic nitrogens is 3. The lowest BCUT2D eigenvalue weighted by molar-refractivity contribution is 0.234. The quantitative estimate of drug-likeness (QED) is 0.790. The predicted octanol–water partition coefficient (Wildman–Crippen LogP) is 2.72. The van der Waals surface area contributed by atoms with Crippen molar-refractivity contribution in [3.63, 3.8) is 0 Å². The second-order valence-corrected chi connectivity index (χ2v) is 8.06. The number of carbonyl (C=O) groups is 1. The van der Waals surface area contributed by atoms with Gasteiger partial charge in [0, 0.05) is 57.4 Å². The molecule has 2 N–H and O–H groups in total. The molecule has 0 spiro atoms. The van der Waals surface area contributed by atoms with E-state index in [0.717, 1.165) is 56.4 Å². The van der Waals surface area contributed by atoms with Crippen LogP contribution in [0, 0.1) is 0 Å². The van der Waals surface area contributed by atoms with Gasteiger partial charge in [-0.3, -0.25) is 0 Å². The summed E-state index contributed by atoms with van der Waals surface area (Å²) < 4.78 is 0. The SMILES string of the molecule is O=C(NCc1ccc(N2CCCCCC2)nc1)NC1CCN(c2ncccn2)CC1. The molecule has 160 valence electrons. The standard InChI is InChI=1S/C22H31N7O/c30-22(27-19-8-14-29(15-9-19)21-23-10-5-11-24-21)26-17-18-6-7-20(25-16-18)28-12-3-1-2-4-13-28/h5-7,10-11,16,19H,1-4,8-9,12-15,17H2,(H2,26,27,30). The summed E-state index contributed by atoms with van der Waals surface area (Å²) in [4.78, 5) is 30.0. The molecule has 4 heterocycles. The smallest absolute Gasteiger partial charge is 0.315 e. The highest BCUT2D eigenvalue weighted by molar-refractivity contribution is 5.74. The molecule has 0 bridgehead atoms. The molecule has 2 aromatic heterocycles. The minimum atomic E-state index is -0.124. The van der Waals surface area contributed by atoms with Gasteiger partial charge in [-0.05, 0) is 43.4 Å². The number of urea groups is 1. The summed E-state index contributed by atoms with van der Waals surface area (Å²) in [6.07, 6.45) is 12.3. The molecule has 2 amide bonds. The molecule has 30 heavy (non-hydrogen) atoms. The van der Waals surface area contributed by atoms with Crippen LogP contribution in [0.3, 0.4) is 0 Å². The number of rotatable bonds is 5. The van der Waals surface area contributed by atoms with Crippen molar-refractivity contribution < 1.29 is 4.79 Å². The van der Waals surface area contributed by atoms with Crippen LogP contribution < -0.4 is 20.4 Å². The third-order valence-electron chi connectivity index (χ3n) is 5.86. The molecule has 0 radical (unpaired) electrons. The second-order valence-electron chi connectivity index (χ2n) is 8.06. The molecule has 0 aliphatic carbocycles.